The second kappa shape index (κ2) is 4.93. The molecule has 2 saturated heterocycles. The number of ether oxygens (including phenoxy) is 2. The maximum absolute atomic E-state index is 11.8. The molecule has 2 atom stereocenters. The Morgan fingerprint density at radius 3 is 1.38 bits per heavy atom. The summed E-state index contributed by atoms with van der Waals surface area (Å²) in [6.45, 7) is 7.51. The Labute approximate surface area is 123 Å². The highest BCUT2D eigenvalue weighted by Gasteiger charge is 2.50. The van der Waals surface area contributed by atoms with Crippen LogP contribution in [0.1, 0.15) is 47.0 Å². The molecular weight excluding hydrogens is 276 g/mol. The summed E-state index contributed by atoms with van der Waals surface area (Å²) in [7, 11) is 0. The number of esters is 4. The topological polar surface area (TPSA) is 86.7 Å². The van der Waals surface area contributed by atoms with Gasteiger partial charge in [0.05, 0.1) is 24.7 Å². The number of hydrogen-bond acceptors (Lipinski definition) is 6. The van der Waals surface area contributed by atoms with Gasteiger partial charge in [-0.3, -0.25) is 19.2 Å². The van der Waals surface area contributed by atoms with E-state index in [-0.39, 0.29) is 12.8 Å². The van der Waals surface area contributed by atoms with Crippen LogP contribution in [-0.2, 0) is 28.7 Å². The van der Waals surface area contributed by atoms with E-state index in [2.05, 4.69) is 9.47 Å². The highest BCUT2D eigenvalue weighted by atomic mass is 16.6. The van der Waals surface area contributed by atoms with Crippen molar-refractivity contribution in [3.05, 3.63) is 0 Å². The van der Waals surface area contributed by atoms with Gasteiger partial charge in [-0.2, -0.15) is 0 Å². The van der Waals surface area contributed by atoms with Gasteiger partial charge in [0.15, 0.2) is 0 Å². The lowest BCUT2D eigenvalue weighted by Gasteiger charge is -2.39. The van der Waals surface area contributed by atoms with Crippen molar-refractivity contribution in [3.8, 4) is 0 Å². The van der Waals surface area contributed by atoms with E-state index in [1.165, 1.54) is 0 Å². The third kappa shape index (κ3) is 2.99. The summed E-state index contributed by atoms with van der Waals surface area (Å²) in [5.74, 6) is -3.07. The monoisotopic (exact) mass is 296 g/mol. The molecule has 2 rings (SSSR count). The largest absolute Gasteiger partial charge is 0.393 e. The third-order valence-electron chi connectivity index (χ3n) is 4.54. The van der Waals surface area contributed by atoms with Crippen LogP contribution in [0, 0.1) is 22.7 Å². The lowest BCUT2D eigenvalue weighted by atomic mass is 9.63. The van der Waals surface area contributed by atoms with E-state index in [0.717, 1.165) is 0 Å². The van der Waals surface area contributed by atoms with E-state index in [1.54, 1.807) is 0 Å². The van der Waals surface area contributed by atoms with Gasteiger partial charge in [0.25, 0.3) is 0 Å². The standard InChI is InChI=1S/C15H20O6/c1-14(2,8-5-10(16)20-12(8)18)7-15(3,4)9-6-11(17)21-13(9)19/h8-9H,5-7H2,1-4H3. The smallest absolute Gasteiger partial charge is 0.317 e. The van der Waals surface area contributed by atoms with Gasteiger partial charge in [-0.05, 0) is 17.3 Å². The molecule has 2 aliphatic rings. The molecule has 0 radical (unpaired) electrons. The molecule has 116 valence electrons. The van der Waals surface area contributed by atoms with E-state index in [9.17, 15) is 19.2 Å². The van der Waals surface area contributed by atoms with E-state index in [1.807, 2.05) is 27.7 Å². The number of hydrogen-bond donors (Lipinski definition) is 0. The molecule has 2 heterocycles. The molecule has 2 aliphatic heterocycles. The zero-order valence-corrected chi connectivity index (χ0v) is 12.7. The fraction of sp³-hybridized carbons (Fsp3) is 0.733. The number of carbonyl (C=O) groups is 4. The van der Waals surface area contributed by atoms with E-state index < -0.39 is 46.5 Å². The van der Waals surface area contributed by atoms with Crippen molar-refractivity contribution in [2.75, 3.05) is 0 Å². The molecule has 0 amide bonds. The van der Waals surface area contributed by atoms with Crippen LogP contribution >= 0.6 is 0 Å². The van der Waals surface area contributed by atoms with E-state index in [4.69, 9.17) is 0 Å². The van der Waals surface area contributed by atoms with Crippen molar-refractivity contribution in [1.29, 1.82) is 0 Å². The summed E-state index contributed by atoms with van der Waals surface area (Å²) in [4.78, 5) is 46.1. The Hall–Kier alpha value is -1.72. The Kier molecular flexibility index (Phi) is 3.68. The summed E-state index contributed by atoms with van der Waals surface area (Å²) in [5, 5.41) is 0. The normalized spacial score (nSPS) is 27.0. The lowest BCUT2D eigenvalue weighted by molar-refractivity contribution is -0.155. The van der Waals surface area contributed by atoms with Crippen LogP contribution in [0.5, 0.6) is 0 Å². The van der Waals surface area contributed by atoms with Crippen molar-refractivity contribution in [3.63, 3.8) is 0 Å². The predicted molar refractivity (Wildman–Crippen MR) is 70.6 cm³/mol. The van der Waals surface area contributed by atoms with Crippen molar-refractivity contribution >= 4 is 23.9 Å². The summed E-state index contributed by atoms with van der Waals surface area (Å²) >= 11 is 0. The molecule has 6 heteroatoms. The molecule has 21 heavy (non-hydrogen) atoms. The minimum atomic E-state index is -0.516. The maximum atomic E-state index is 11.8. The minimum Gasteiger partial charge on any atom is -0.393 e. The Morgan fingerprint density at radius 1 is 0.810 bits per heavy atom. The van der Waals surface area contributed by atoms with Gasteiger partial charge < -0.3 is 9.47 Å². The van der Waals surface area contributed by atoms with Gasteiger partial charge in [-0.25, -0.2) is 0 Å². The molecule has 6 nitrogen and oxygen atoms in total. The summed E-state index contributed by atoms with van der Waals surface area (Å²) in [5.41, 5.74) is -1.03. The summed E-state index contributed by atoms with van der Waals surface area (Å²) in [6, 6.07) is 0. The zero-order chi connectivity index (χ0) is 16.0. The van der Waals surface area contributed by atoms with Gasteiger partial charge in [-0.1, -0.05) is 27.7 Å². The highest BCUT2D eigenvalue weighted by Crippen LogP contribution is 2.48. The van der Waals surface area contributed by atoms with Crippen LogP contribution < -0.4 is 0 Å². The van der Waals surface area contributed by atoms with Crippen LogP contribution in [0.2, 0.25) is 0 Å². The molecule has 0 aromatic rings. The number of rotatable bonds is 4. The van der Waals surface area contributed by atoms with Crippen LogP contribution in [0.3, 0.4) is 0 Å². The third-order valence-corrected chi connectivity index (χ3v) is 4.54. The Morgan fingerprint density at radius 2 is 1.14 bits per heavy atom. The van der Waals surface area contributed by atoms with Gasteiger partial charge in [0.1, 0.15) is 0 Å². The van der Waals surface area contributed by atoms with E-state index >= 15 is 0 Å². The SMILES string of the molecule is CC(C)(CC(C)(C)C1CC(=O)OC1=O)C1CC(=O)OC1=O. The zero-order valence-electron chi connectivity index (χ0n) is 12.7. The molecule has 2 fully saturated rings. The van der Waals surface area contributed by atoms with Gasteiger partial charge in [0.2, 0.25) is 0 Å². The molecule has 0 spiro atoms. The fourth-order valence-corrected chi connectivity index (χ4v) is 3.56. The molecule has 0 aliphatic carbocycles. The average molecular weight is 296 g/mol. The maximum Gasteiger partial charge on any atom is 0.317 e. The van der Waals surface area contributed by atoms with Crippen molar-refractivity contribution in [2.24, 2.45) is 22.7 Å². The fourth-order valence-electron chi connectivity index (χ4n) is 3.56. The molecule has 2 unspecified atom stereocenters. The molecule has 0 saturated carbocycles. The van der Waals surface area contributed by atoms with Crippen LogP contribution in [0.4, 0.5) is 0 Å². The van der Waals surface area contributed by atoms with E-state index in [0.29, 0.717) is 6.42 Å². The van der Waals surface area contributed by atoms with Crippen molar-refractivity contribution in [2.45, 2.75) is 47.0 Å². The number of cyclic esters (lactones) is 4. The quantitative estimate of drug-likeness (QED) is 0.578. The molecular formula is C15H20O6. The highest BCUT2D eigenvalue weighted by molar-refractivity contribution is 5.95. The number of carbonyl (C=O) groups excluding carboxylic acids is 4. The Balaban J connectivity index is 2.15. The van der Waals surface area contributed by atoms with Crippen LogP contribution in [0.25, 0.3) is 0 Å². The predicted octanol–water partition coefficient (Wildman–Crippen LogP) is 1.61. The van der Waals surface area contributed by atoms with Crippen LogP contribution in [0.15, 0.2) is 0 Å². The van der Waals surface area contributed by atoms with Crippen molar-refractivity contribution in [1.82, 2.24) is 0 Å². The Bertz CT molecular complexity index is 470. The van der Waals surface area contributed by atoms with Gasteiger partial charge in [0, 0.05) is 0 Å². The summed E-state index contributed by atoms with van der Waals surface area (Å²) in [6.07, 6.45) is 0.631. The first-order valence-electron chi connectivity index (χ1n) is 7.02. The first-order chi connectivity index (χ1) is 9.53. The van der Waals surface area contributed by atoms with Gasteiger partial charge in [-0.15, -0.1) is 0 Å². The lowest BCUT2D eigenvalue weighted by Crippen LogP contribution is -2.37. The summed E-state index contributed by atoms with van der Waals surface area (Å²) < 4.78 is 9.23. The first-order valence-corrected chi connectivity index (χ1v) is 7.02. The minimum absolute atomic E-state index is 0.0654. The second-order valence-electron chi connectivity index (χ2n) is 7.25. The van der Waals surface area contributed by atoms with Gasteiger partial charge >= 0.3 is 23.9 Å². The molecule has 0 N–H and O–H groups in total. The van der Waals surface area contributed by atoms with Crippen LogP contribution in [-0.4, -0.2) is 23.9 Å². The van der Waals surface area contributed by atoms with Crippen molar-refractivity contribution < 1.29 is 28.7 Å². The molecule has 0 aromatic carbocycles. The molecule has 0 aromatic heterocycles. The first kappa shape index (κ1) is 15.7. The second-order valence-corrected chi connectivity index (χ2v) is 7.25. The molecule has 0 bridgehead atoms. The average Bonchev–Trinajstić information content (AvgIpc) is 2.80.